The molecule has 2 aliphatic carbocycles. The maximum atomic E-state index is 8.16. The average Bonchev–Trinajstić information content (AvgIpc) is 2.51. The van der Waals surface area contributed by atoms with E-state index < -0.39 is 0 Å². The normalized spacial score (nSPS) is 35.1. The maximum Gasteiger partial charge on any atom is 0.152 e. The summed E-state index contributed by atoms with van der Waals surface area (Å²) in [7, 11) is 0. The van der Waals surface area contributed by atoms with Crippen LogP contribution in [0.1, 0.15) is 32.1 Å². The Kier molecular flexibility index (Phi) is 2.05. The lowest BCUT2D eigenvalue weighted by Crippen LogP contribution is -1.93. The number of hydrogen-bond donors (Lipinski definition) is 0. The Balaban J connectivity index is 1.56. The van der Waals surface area contributed by atoms with E-state index in [2.05, 4.69) is 11.8 Å². The fourth-order valence-electron chi connectivity index (χ4n) is 2.46. The van der Waals surface area contributed by atoms with Crippen molar-refractivity contribution in [2.45, 2.75) is 32.1 Å². The molecule has 0 aromatic heterocycles. The highest BCUT2D eigenvalue weighted by Gasteiger charge is 2.55. The van der Waals surface area contributed by atoms with E-state index in [0.29, 0.717) is 0 Å². The molecule has 0 heterocycles. The molecule has 1 heteroatoms. The zero-order valence-electron chi connectivity index (χ0n) is 7.21. The number of fused-ring (bicyclic) bond motifs is 1. The van der Waals surface area contributed by atoms with Gasteiger partial charge >= 0.3 is 0 Å². The van der Waals surface area contributed by atoms with E-state index in [9.17, 15) is 0 Å². The SMILES string of the molecule is N#CC#CCCCC1[C@H]2CC[C@@H]12. The monoisotopic (exact) mass is 159 g/mol. The van der Waals surface area contributed by atoms with Crippen molar-refractivity contribution in [3.05, 3.63) is 0 Å². The molecule has 12 heavy (non-hydrogen) atoms. The van der Waals surface area contributed by atoms with Crippen LogP contribution in [0.5, 0.6) is 0 Å². The van der Waals surface area contributed by atoms with Crippen LogP contribution in [0.3, 0.4) is 0 Å². The van der Waals surface area contributed by atoms with E-state index in [0.717, 1.165) is 24.2 Å². The van der Waals surface area contributed by atoms with Crippen molar-refractivity contribution in [1.29, 1.82) is 5.26 Å². The number of nitrogens with zero attached hydrogens (tertiary/aromatic N) is 1. The summed E-state index contributed by atoms with van der Waals surface area (Å²) >= 11 is 0. The molecule has 0 aromatic carbocycles. The third kappa shape index (κ3) is 1.32. The third-order valence-electron chi connectivity index (χ3n) is 3.33. The van der Waals surface area contributed by atoms with Crippen LogP contribution in [-0.4, -0.2) is 0 Å². The zero-order valence-corrected chi connectivity index (χ0v) is 7.21. The molecule has 0 saturated heterocycles. The van der Waals surface area contributed by atoms with Gasteiger partial charge in [0, 0.05) is 12.3 Å². The Morgan fingerprint density at radius 3 is 2.58 bits per heavy atom. The summed E-state index contributed by atoms with van der Waals surface area (Å²) in [6, 6.07) is 1.84. The Morgan fingerprint density at radius 1 is 1.25 bits per heavy atom. The van der Waals surface area contributed by atoms with Gasteiger partial charge in [-0.15, -0.1) is 0 Å². The molecule has 1 unspecified atom stereocenters. The van der Waals surface area contributed by atoms with Gasteiger partial charge in [-0.2, -0.15) is 5.26 Å². The molecule has 0 radical (unpaired) electrons. The van der Waals surface area contributed by atoms with E-state index in [1.165, 1.54) is 25.7 Å². The number of nitriles is 1. The highest BCUT2D eigenvalue weighted by Crippen LogP contribution is 2.62. The fraction of sp³-hybridized carbons (Fsp3) is 0.727. The van der Waals surface area contributed by atoms with Crippen LogP contribution >= 0.6 is 0 Å². The van der Waals surface area contributed by atoms with Crippen molar-refractivity contribution in [3.63, 3.8) is 0 Å². The second-order valence-electron chi connectivity index (χ2n) is 3.87. The third-order valence-corrected chi connectivity index (χ3v) is 3.33. The average molecular weight is 159 g/mol. The molecule has 3 atom stereocenters. The van der Waals surface area contributed by atoms with Crippen molar-refractivity contribution < 1.29 is 0 Å². The second kappa shape index (κ2) is 3.20. The van der Waals surface area contributed by atoms with Crippen LogP contribution in [0.2, 0.25) is 0 Å². The van der Waals surface area contributed by atoms with E-state index in [-0.39, 0.29) is 0 Å². The van der Waals surface area contributed by atoms with Crippen LogP contribution in [0, 0.1) is 40.9 Å². The Labute approximate surface area is 73.8 Å². The molecule has 1 nitrogen and oxygen atoms in total. The molecule has 0 N–H and O–H groups in total. The van der Waals surface area contributed by atoms with E-state index in [4.69, 9.17) is 5.26 Å². The van der Waals surface area contributed by atoms with Crippen molar-refractivity contribution in [3.8, 4) is 17.9 Å². The van der Waals surface area contributed by atoms with Gasteiger partial charge in [-0.1, -0.05) is 5.92 Å². The Bertz CT molecular complexity index is 253. The molecule has 2 rings (SSSR count). The molecule has 0 amide bonds. The highest BCUT2D eigenvalue weighted by molar-refractivity contribution is 5.16. The van der Waals surface area contributed by atoms with Crippen LogP contribution in [0.25, 0.3) is 0 Å². The lowest BCUT2D eigenvalue weighted by molar-refractivity contribution is 0.468. The summed E-state index contributed by atoms with van der Waals surface area (Å²) in [6.45, 7) is 0. The maximum absolute atomic E-state index is 8.16. The number of hydrogen-bond acceptors (Lipinski definition) is 1. The summed E-state index contributed by atoms with van der Waals surface area (Å²) in [5.74, 6) is 8.55. The molecule has 0 bridgehead atoms. The van der Waals surface area contributed by atoms with Crippen LogP contribution in [0.4, 0.5) is 0 Å². The Hall–Kier alpha value is -0.950. The van der Waals surface area contributed by atoms with Crippen molar-refractivity contribution in [2.75, 3.05) is 0 Å². The largest absolute Gasteiger partial charge is 0.183 e. The van der Waals surface area contributed by atoms with Gasteiger partial charge in [0.05, 0.1) is 0 Å². The van der Waals surface area contributed by atoms with Gasteiger partial charge in [-0.3, -0.25) is 0 Å². The van der Waals surface area contributed by atoms with Crippen LogP contribution < -0.4 is 0 Å². The summed E-state index contributed by atoms with van der Waals surface area (Å²) in [5, 5.41) is 8.16. The van der Waals surface area contributed by atoms with Crippen LogP contribution in [0.15, 0.2) is 0 Å². The first kappa shape index (κ1) is 7.69. The van der Waals surface area contributed by atoms with Gasteiger partial charge in [-0.25, -0.2) is 0 Å². The fourth-order valence-corrected chi connectivity index (χ4v) is 2.46. The predicted molar refractivity (Wildman–Crippen MR) is 46.9 cm³/mol. The first-order valence-electron chi connectivity index (χ1n) is 4.80. The molecule has 2 saturated carbocycles. The Morgan fingerprint density at radius 2 is 2.00 bits per heavy atom. The van der Waals surface area contributed by atoms with Gasteiger partial charge in [-0.05, 0) is 43.4 Å². The lowest BCUT2D eigenvalue weighted by atomic mass is 10.0. The van der Waals surface area contributed by atoms with E-state index in [1.54, 1.807) is 0 Å². The minimum Gasteiger partial charge on any atom is -0.183 e. The van der Waals surface area contributed by atoms with Crippen molar-refractivity contribution in [1.82, 2.24) is 0 Å². The van der Waals surface area contributed by atoms with E-state index in [1.807, 2.05) is 6.07 Å². The second-order valence-corrected chi connectivity index (χ2v) is 3.87. The van der Waals surface area contributed by atoms with Crippen molar-refractivity contribution >= 4 is 0 Å². The van der Waals surface area contributed by atoms with Gasteiger partial charge in [0.25, 0.3) is 0 Å². The minimum atomic E-state index is 0.920. The molecule has 0 aromatic rings. The standard InChI is InChI=1S/C11H13N/c12-8-4-2-1-3-5-9-10-6-7-11(9)10/h9-11H,1,3,5-7H2/t9?,10-,11+. The molecule has 0 spiro atoms. The van der Waals surface area contributed by atoms with Gasteiger partial charge in [0.2, 0.25) is 0 Å². The zero-order chi connectivity index (χ0) is 8.39. The first-order valence-corrected chi connectivity index (χ1v) is 4.80. The molecule has 2 fully saturated rings. The molecule has 2 aliphatic rings. The topological polar surface area (TPSA) is 23.8 Å². The first-order chi connectivity index (χ1) is 5.93. The summed E-state index contributed by atoms with van der Waals surface area (Å²) in [4.78, 5) is 0. The molecule has 0 aliphatic heterocycles. The van der Waals surface area contributed by atoms with Gasteiger partial charge in [0.15, 0.2) is 6.07 Å². The smallest absolute Gasteiger partial charge is 0.152 e. The van der Waals surface area contributed by atoms with Crippen LogP contribution in [-0.2, 0) is 0 Å². The van der Waals surface area contributed by atoms with Crippen molar-refractivity contribution in [2.24, 2.45) is 17.8 Å². The van der Waals surface area contributed by atoms with E-state index >= 15 is 0 Å². The predicted octanol–water partition coefficient (Wildman–Crippen LogP) is 2.34. The highest BCUT2D eigenvalue weighted by atomic mass is 14.6. The lowest BCUT2D eigenvalue weighted by Gasteiger charge is -2.04. The van der Waals surface area contributed by atoms with Gasteiger partial charge < -0.3 is 0 Å². The van der Waals surface area contributed by atoms with Gasteiger partial charge in [0.1, 0.15) is 0 Å². The molecule has 62 valence electrons. The quantitative estimate of drug-likeness (QED) is 0.458. The minimum absolute atomic E-state index is 0.920. The molecular weight excluding hydrogens is 146 g/mol. The number of unbranched alkanes of at least 4 members (excludes halogenated alkanes) is 1. The summed E-state index contributed by atoms with van der Waals surface area (Å²) in [5.41, 5.74) is 0. The molecular formula is C11H13N. The summed E-state index contributed by atoms with van der Waals surface area (Å²) in [6.07, 6.45) is 6.45. The number of rotatable bonds is 3. The summed E-state index contributed by atoms with van der Waals surface area (Å²) < 4.78 is 0.